The van der Waals surface area contributed by atoms with Crippen LogP contribution in [0.5, 0.6) is 0 Å². The van der Waals surface area contributed by atoms with Crippen LogP contribution in [-0.2, 0) is 27.4 Å². The lowest BCUT2D eigenvalue weighted by Gasteiger charge is -2.07. The average molecular weight is 327 g/mol. The molecule has 2 aromatic carbocycles. The van der Waals surface area contributed by atoms with Crippen LogP contribution in [0.25, 0.3) is 0 Å². The Kier molecular flexibility index (Phi) is 5.81. The lowest BCUT2D eigenvalue weighted by atomic mass is 10.0. The second kappa shape index (κ2) is 8.03. The van der Waals surface area contributed by atoms with Gasteiger partial charge in [-0.15, -0.1) is 0 Å². The van der Waals surface area contributed by atoms with Crippen molar-refractivity contribution in [2.75, 3.05) is 0 Å². The number of ether oxygens (including phenoxy) is 1. The van der Waals surface area contributed by atoms with E-state index in [2.05, 4.69) is 0 Å². The quantitative estimate of drug-likeness (QED) is 0.454. The molecule has 0 radical (unpaired) electrons. The Morgan fingerprint density at radius 1 is 0.958 bits per heavy atom. The van der Waals surface area contributed by atoms with Gasteiger partial charge >= 0.3 is 11.9 Å². The van der Waals surface area contributed by atoms with Crippen LogP contribution in [0.2, 0.25) is 0 Å². The van der Waals surface area contributed by atoms with Crippen LogP contribution in [0.4, 0.5) is 0 Å². The number of rotatable bonds is 7. The number of carbonyl (C=O) groups excluding carboxylic acids is 2. The molecule has 24 heavy (non-hydrogen) atoms. The first-order valence-electron chi connectivity index (χ1n) is 7.30. The molecule has 0 fully saturated rings. The molecule has 6 heteroatoms. The molecule has 0 heterocycles. The summed E-state index contributed by atoms with van der Waals surface area (Å²) in [5.74, 6) is -2.78. The monoisotopic (exact) mass is 327 g/mol. The third-order valence-corrected chi connectivity index (χ3v) is 3.39. The summed E-state index contributed by atoms with van der Waals surface area (Å²) < 4.78 is 4.98. The van der Waals surface area contributed by atoms with E-state index in [0.717, 1.165) is 5.56 Å². The minimum absolute atomic E-state index is 0.0248. The number of ketones is 1. The van der Waals surface area contributed by atoms with Gasteiger partial charge in [-0.2, -0.15) is 0 Å². The fourth-order valence-corrected chi connectivity index (χ4v) is 2.04. The van der Waals surface area contributed by atoms with Gasteiger partial charge in [0.25, 0.3) is 5.78 Å². The predicted molar refractivity (Wildman–Crippen MR) is 86.3 cm³/mol. The summed E-state index contributed by atoms with van der Waals surface area (Å²) in [5.41, 5.74) is 7.08. The molecule has 0 aliphatic heterocycles. The fourth-order valence-electron chi connectivity index (χ4n) is 2.04. The number of benzene rings is 2. The number of carboxylic acid groups (broad SMARTS) is 1. The lowest BCUT2D eigenvalue weighted by Crippen LogP contribution is -2.32. The summed E-state index contributed by atoms with van der Waals surface area (Å²) in [6.07, 6.45) is 0.141. The van der Waals surface area contributed by atoms with Gasteiger partial charge in [0.15, 0.2) is 0 Å². The Bertz CT molecular complexity index is 725. The predicted octanol–water partition coefficient (Wildman–Crippen LogP) is 1.57. The molecule has 1 unspecified atom stereocenters. The largest absolute Gasteiger partial charge is 0.480 e. The molecule has 0 bridgehead atoms. The SMILES string of the molecule is NC(Cc1ccc(C(=O)C(=O)OCc2ccccc2)cc1)C(=O)O. The molecular formula is C18H17NO5. The summed E-state index contributed by atoms with van der Waals surface area (Å²) in [4.78, 5) is 34.5. The number of carboxylic acids is 1. The normalized spacial score (nSPS) is 11.5. The highest BCUT2D eigenvalue weighted by Crippen LogP contribution is 2.09. The first-order valence-corrected chi connectivity index (χ1v) is 7.30. The number of aliphatic carboxylic acids is 1. The number of hydrogen-bond donors (Lipinski definition) is 2. The van der Waals surface area contributed by atoms with Gasteiger partial charge in [0, 0.05) is 5.56 Å². The zero-order chi connectivity index (χ0) is 17.5. The first-order chi connectivity index (χ1) is 11.5. The first kappa shape index (κ1) is 17.4. The highest BCUT2D eigenvalue weighted by atomic mass is 16.5. The van der Waals surface area contributed by atoms with Crippen molar-refractivity contribution in [3.63, 3.8) is 0 Å². The van der Waals surface area contributed by atoms with Gasteiger partial charge in [-0.05, 0) is 17.5 Å². The Hall–Kier alpha value is -2.99. The van der Waals surface area contributed by atoms with E-state index in [1.807, 2.05) is 18.2 Å². The Balaban J connectivity index is 1.94. The average Bonchev–Trinajstić information content (AvgIpc) is 2.60. The van der Waals surface area contributed by atoms with Crippen LogP contribution in [0.15, 0.2) is 54.6 Å². The summed E-state index contributed by atoms with van der Waals surface area (Å²) in [5, 5.41) is 8.77. The van der Waals surface area contributed by atoms with Crippen LogP contribution in [0, 0.1) is 0 Å². The molecule has 3 N–H and O–H groups in total. The van der Waals surface area contributed by atoms with Gasteiger partial charge in [-0.25, -0.2) is 4.79 Å². The van der Waals surface area contributed by atoms with Crippen molar-refractivity contribution in [2.24, 2.45) is 5.73 Å². The summed E-state index contributed by atoms with van der Waals surface area (Å²) in [7, 11) is 0. The molecular weight excluding hydrogens is 310 g/mol. The van der Waals surface area contributed by atoms with Gasteiger partial charge in [0.05, 0.1) is 0 Å². The van der Waals surface area contributed by atoms with Gasteiger partial charge in [-0.3, -0.25) is 9.59 Å². The molecule has 0 aliphatic carbocycles. The standard InChI is InChI=1S/C18H17NO5/c19-15(17(21)22)10-12-6-8-14(9-7-12)16(20)18(23)24-11-13-4-2-1-3-5-13/h1-9,15H,10-11,19H2,(H,21,22). The molecule has 0 spiro atoms. The zero-order valence-corrected chi connectivity index (χ0v) is 12.8. The molecule has 0 aliphatic rings. The molecule has 0 aromatic heterocycles. The minimum Gasteiger partial charge on any atom is -0.480 e. The van der Waals surface area contributed by atoms with E-state index < -0.39 is 23.8 Å². The molecule has 124 valence electrons. The number of Topliss-reactive ketones (excluding diaryl/α,β-unsaturated/α-hetero) is 1. The highest BCUT2D eigenvalue weighted by Gasteiger charge is 2.18. The maximum atomic E-state index is 12.0. The summed E-state index contributed by atoms with van der Waals surface area (Å²) >= 11 is 0. The van der Waals surface area contributed by atoms with Crippen molar-refractivity contribution in [3.8, 4) is 0 Å². The number of nitrogens with two attached hydrogens (primary N) is 1. The molecule has 0 saturated heterocycles. The van der Waals surface area contributed by atoms with Crippen LogP contribution < -0.4 is 5.73 Å². The highest BCUT2D eigenvalue weighted by molar-refractivity contribution is 6.40. The van der Waals surface area contributed by atoms with Crippen molar-refractivity contribution in [1.29, 1.82) is 0 Å². The topological polar surface area (TPSA) is 107 Å². The Morgan fingerprint density at radius 3 is 2.17 bits per heavy atom. The van der Waals surface area contributed by atoms with E-state index >= 15 is 0 Å². The third-order valence-electron chi connectivity index (χ3n) is 3.39. The maximum Gasteiger partial charge on any atom is 0.380 e. The molecule has 2 rings (SSSR count). The summed E-state index contributed by atoms with van der Waals surface area (Å²) in [6, 6.07) is 14.1. The van der Waals surface area contributed by atoms with E-state index in [9.17, 15) is 14.4 Å². The van der Waals surface area contributed by atoms with Crippen molar-refractivity contribution >= 4 is 17.7 Å². The van der Waals surface area contributed by atoms with Gasteiger partial charge in [0.1, 0.15) is 12.6 Å². The number of esters is 1. The van der Waals surface area contributed by atoms with Crippen LogP contribution in [0.3, 0.4) is 0 Å². The molecule has 1 atom stereocenters. The minimum atomic E-state index is -1.10. The van der Waals surface area contributed by atoms with E-state index in [0.29, 0.717) is 5.56 Å². The van der Waals surface area contributed by atoms with Crippen LogP contribution in [-0.4, -0.2) is 28.9 Å². The second-order valence-electron chi connectivity index (χ2n) is 5.24. The Labute approximate surface area is 138 Å². The van der Waals surface area contributed by atoms with Crippen molar-refractivity contribution < 1.29 is 24.2 Å². The Morgan fingerprint density at radius 2 is 1.58 bits per heavy atom. The van der Waals surface area contributed by atoms with E-state index in [1.54, 1.807) is 24.3 Å². The molecule has 6 nitrogen and oxygen atoms in total. The van der Waals surface area contributed by atoms with Crippen LogP contribution >= 0.6 is 0 Å². The van der Waals surface area contributed by atoms with E-state index in [1.165, 1.54) is 12.1 Å². The van der Waals surface area contributed by atoms with Crippen molar-refractivity contribution in [3.05, 3.63) is 71.3 Å². The van der Waals surface area contributed by atoms with Gasteiger partial charge < -0.3 is 15.6 Å². The summed E-state index contributed by atoms with van der Waals surface area (Å²) in [6.45, 7) is 0.0248. The third kappa shape index (κ3) is 4.76. The zero-order valence-electron chi connectivity index (χ0n) is 12.8. The fraction of sp³-hybridized carbons (Fsp3) is 0.167. The van der Waals surface area contributed by atoms with Crippen LogP contribution in [0.1, 0.15) is 21.5 Å². The number of hydrogen-bond acceptors (Lipinski definition) is 5. The van der Waals surface area contributed by atoms with E-state index in [-0.39, 0.29) is 18.6 Å². The van der Waals surface area contributed by atoms with Gasteiger partial charge in [0.2, 0.25) is 0 Å². The lowest BCUT2D eigenvalue weighted by molar-refractivity contribution is -0.139. The van der Waals surface area contributed by atoms with Crippen molar-refractivity contribution in [1.82, 2.24) is 0 Å². The maximum absolute atomic E-state index is 12.0. The second-order valence-corrected chi connectivity index (χ2v) is 5.24. The van der Waals surface area contributed by atoms with Gasteiger partial charge in [-0.1, -0.05) is 54.6 Å². The number of carbonyl (C=O) groups is 3. The van der Waals surface area contributed by atoms with E-state index in [4.69, 9.17) is 15.6 Å². The van der Waals surface area contributed by atoms with Crippen molar-refractivity contribution in [2.45, 2.75) is 19.1 Å². The molecule has 0 amide bonds. The molecule has 0 saturated carbocycles. The molecule has 2 aromatic rings. The smallest absolute Gasteiger partial charge is 0.380 e.